The Morgan fingerprint density at radius 3 is 2.25 bits per heavy atom. The van der Waals surface area contributed by atoms with E-state index >= 15 is 0 Å². The average Bonchev–Trinajstić information content (AvgIpc) is 2.22. The molecule has 90 valence electrons. The van der Waals surface area contributed by atoms with Crippen LogP contribution in [0.1, 0.15) is 13.8 Å². The van der Waals surface area contributed by atoms with Crippen LogP contribution in [0.25, 0.3) is 0 Å². The number of carboxylic acids is 1. The predicted molar refractivity (Wildman–Crippen MR) is 57.6 cm³/mol. The van der Waals surface area contributed by atoms with Gasteiger partial charge in [0.05, 0.1) is 5.41 Å². The van der Waals surface area contributed by atoms with Crippen molar-refractivity contribution in [2.24, 2.45) is 5.41 Å². The van der Waals surface area contributed by atoms with Crippen molar-refractivity contribution >= 4 is 17.8 Å². The lowest BCUT2D eigenvalue weighted by molar-refractivity contribution is -0.132. The van der Waals surface area contributed by atoms with Gasteiger partial charge in [0, 0.05) is 25.7 Å². The third-order valence-electron chi connectivity index (χ3n) is 1.92. The molecule has 6 nitrogen and oxygen atoms in total. The van der Waals surface area contributed by atoms with Gasteiger partial charge >= 0.3 is 5.97 Å². The Balaban J connectivity index is 4.20. The van der Waals surface area contributed by atoms with Gasteiger partial charge in [-0.15, -0.1) is 0 Å². The molecule has 0 heterocycles. The number of carboxylic acid groups (broad SMARTS) is 1. The SMILES string of the molecule is CNC(=O)C(C)(C)CNC(=O)/C=C/C(=O)O. The van der Waals surface area contributed by atoms with E-state index in [1.54, 1.807) is 13.8 Å². The fourth-order valence-electron chi connectivity index (χ4n) is 0.933. The Bertz CT molecular complexity index is 321. The van der Waals surface area contributed by atoms with Crippen LogP contribution in [0.15, 0.2) is 12.2 Å². The molecule has 0 spiro atoms. The first-order chi connectivity index (χ1) is 7.29. The summed E-state index contributed by atoms with van der Waals surface area (Å²) in [5.74, 6) is -1.94. The number of carbonyl (C=O) groups is 3. The number of hydrogen-bond donors (Lipinski definition) is 3. The number of rotatable bonds is 5. The number of nitrogens with one attached hydrogen (secondary N) is 2. The van der Waals surface area contributed by atoms with E-state index in [1.807, 2.05) is 0 Å². The van der Waals surface area contributed by atoms with Crippen LogP contribution in [-0.2, 0) is 14.4 Å². The lowest BCUT2D eigenvalue weighted by Crippen LogP contribution is -2.43. The molecule has 0 aromatic carbocycles. The molecule has 0 unspecified atom stereocenters. The molecule has 0 rings (SSSR count). The lowest BCUT2D eigenvalue weighted by atomic mass is 9.92. The minimum atomic E-state index is -1.19. The van der Waals surface area contributed by atoms with Crippen molar-refractivity contribution in [1.29, 1.82) is 0 Å². The zero-order valence-electron chi connectivity index (χ0n) is 9.53. The van der Waals surface area contributed by atoms with E-state index in [4.69, 9.17) is 5.11 Å². The fourth-order valence-corrected chi connectivity index (χ4v) is 0.933. The van der Waals surface area contributed by atoms with Gasteiger partial charge in [-0.25, -0.2) is 4.79 Å². The van der Waals surface area contributed by atoms with Crippen molar-refractivity contribution in [3.63, 3.8) is 0 Å². The molecule has 16 heavy (non-hydrogen) atoms. The van der Waals surface area contributed by atoms with Gasteiger partial charge < -0.3 is 15.7 Å². The van der Waals surface area contributed by atoms with E-state index in [9.17, 15) is 14.4 Å². The third kappa shape index (κ3) is 5.14. The number of aliphatic carboxylic acids is 1. The summed E-state index contributed by atoms with van der Waals surface area (Å²) in [5.41, 5.74) is -0.735. The van der Waals surface area contributed by atoms with Crippen LogP contribution in [0.3, 0.4) is 0 Å². The summed E-state index contributed by atoms with van der Waals surface area (Å²) in [6.45, 7) is 3.48. The second-order valence-corrected chi connectivity index (χ2v) is 3.85. The monoisotopic (exact) mass is 228 g/mol. The van der Waals surface area contributed by atoms with Crippen LogP contribution < -0.4 is 10.6 Å². The fraction of sp³-hybridized carbons (Fsp3) is 0.500. The largest absolute Gasteiger partial charge is 0.478 e. The molecule has 2 amide bonds. The molecule has 0 aliphatic heterocycles. The summed E-state index contributed by atoms with van der Waals surface area (Å²) in [6.07, 6.45) is 1.64. The van der Waals surface area contributed by atoms with Gasteiger partial charge in [-0.05, 0) is 13.8 Å². The van der Waals surface area contributed by atoms with Crippen LogP contribution >= 0.6 is 0 Å². The van der Waals surface area contributed by atoms with Gasteiger partial charge in [-0.3, -0.25) is 9.59 Å². The Labute approximate surface area is 93.7 Å². The quantitative estimate of drug-likeness (QED) is 0.553. The molecule has 0 bridgehead atoms. The molecular weight excluding hydrogens is 212 g/mol. The van der Waals surface area contributed by atoms with Gasteiger partial charge in [0.2, 0.25) is 11.8 Å². The zero-order chi connectivity index (χ0) is 12.8. The molecule has 0 radical (unpaired) electrons. The summed E-state index contributed by atoms with van der Waals surface area (Å²) in [4.78, 5) is 32.6. The van der Waals surface area contributed by atoms with Gasteiger partial charge in [-0.2, -0.15) is 0 Å². The van der Waals surface area contributed by atoms with Crippen molar-refractivity contribution in [3.05, 3.63) is 12.2 Å². The van der Waals surface area contributed by atoms with Crippen molar-refractivity contribution in [2.45, 2.75) is 13.8 Å². The second kappa shape index (κ2) is 5.89. The summed E-state index contributed by atoms with van der Waals surface area (Å²) in [5, 5.41) is 13.2. The topological polar surface area (TPSA) is 95.5 Å². The Hall–Kier alpha value is -1.85. The van der Waals surface area contributed by atoms with Gasteiger partial charge in [0.1, 0.15) is 0 Å². The minimum Gasteiger partial charge on any atom is -0.478 e. The van der Waals surface area contributed by atoms with E-state index in [2.05, 4.69) is 10.6 Å². The van der Waals surface area contributed by atoms with Gasteiger partial charge in [0.15, 0.2) is 0 Å². The molecule has 0 saturated carbocycles. The Kier molecular flexibility index (Phi) is 5.21. The Morgan fingerprint density at radius 2 is 1.81 bits per heavy atom. The summed E-state index contributed by atoms with van der Waals surface area (Å²) >= 11 is 0. The molecule has 0 aromatic heterocycles. The highest BCUT2D eigenvalue weighted by Crippen LogP contribution is 2.12. The standard InChI is InChI=1S/C10H16N2O4/c1-10(2,9(16)11-3)6-12-7(13)4-5-8(14)15/h4-5H,6H2,1-3H3,(H,11,16)(H,12,13)(H,14,15)/b5-4+. The highest BCUT2D eigenvalue weighted by molar-refractivity contribution is 5.94. The molecule has 0 atom stereocenters. The van der Waals surface area contributed by atoms with E-state index in [0.29, 0.717) is 0 Å². The Morgan fingerprint density at radius 1 is 1.25 bits per heavy atom. The number of amides is 2. The summed E-state index contributed by atoms with van der Waals surface area (Å²) in [6, 6.07) is 0. The van der Waals surface area contributed by atoms with E-state index in [0.717, 1.165) is 12.2 Å². The van der Waals surface area contributed by atoms with Crippen LogP contribution in [0.2, 0.25) is 0 Å². The molecule has 6 heteroatoms. The van der Waals surface area contributed by atoms with E-state index in [1.165, 1.54) is 7.05 Å². The molecular formula is C10H16N2O4. The van der Waals surface area contributed by atoms with Gasteiger partial charge in [-0.1, -0.05) is 0 Å². The highest BCUT2D eigenvalue weighted by atomic mass is 16.4. The van der Waals surface area contributed by atoms with Gasteiger partial charge in [0.25, 0.3) is 0 Å². The normalized spacial score (nSPS) is 11.2. The number of carbonyl (C=O) groups excluding carboxylic acids is 2. The van der Waals surface area contributed by atoms with Crippen molar-refractivity contribution in [2.75, 3.05) is 13.6 Å². The first-order valence-electron chi connectivity index (χ1n) is 4.70. The van der Waals surface area contributed by atoms with Crippen LogP contribution in [0.5, 0.6) is 0 Å². The first-order valence-corrected chi connectivity index (χ1v) is 4.70. The summed E-state index contributed by atoms with van der Waals surface area (Å²) in [7, 11) is 1.51. The van der Waals surface area contributed by atoms with Crippen LogP contribution in [-0.4, -0.2) is 36.5 Å². The van der Waals surface area contributed by atoms with E-state index in [-0.39, 0.29) is 12.5 Å². The zero-order valence-corrected chi connectivity index (χ0v) is 9.53. The second-order valence-electron chi connectivity index (χ2n) is 3.85. The van der Waals surface area contributed by atoms with Crippen LogP contribution in [0, 0.1) is 5.41 Å². The highest BCUT2D eigenvalue weighted by Gasteiger charge is 2.26. The summed E-state index contributed by atoms with van der Waals surface area (Å²) < 4.78 is 0. The maximum Gasteiger partial charge on any atom is 0.328 e. The molecule has 0 fully saturated rings. The number of hydrogen-bond acceptors (Lipinski definition) is 3. The smallest absolute Gasteiger partial charge is 0.328 e. The first kappa shape index (κ1) is 14.2. The molecule has 0 aliphatic rings. The average molecular weight is 228 g/mol. The maximum atomic E-state index is 11.3. The van der Waals surface area contributed by atoms with Crippen molar-refractivity contribution in [1.82, 2.24) is 10.6 Å². The van der Waals surface area contributed by atoms with Crippen LogP contribution in [0.4, 0.5) is 0 Å². The lowest BCUT2D eigenvalue weighted by Gasteiger charge is -2.22. The third-order valence-corrected chi connectivity index (χ3v) is 1.92. The molecule has 3 N–H and O–H groups in total. The molecule has 0 aliphatic carbocycles. The predicted octanol–water partition coefficient (Wildman–Crippen LogP) is -0.484. The molecule has 0 saturated heterocycles. The van der Waals surface area contributed by atoms with Crippen molar-refractivity contribution in [3.8, 4) is 0 Å². The minimum absolute atomic E-state index is 0.134. The molecule has 0 aromatic rings. The van der Waals surface area contributed by atoms with E-state index < -0.39 is 17.3 Å². The maximum absolute atomic E-state index is 11.3. The van der Waals surface area contributed by atoms with Crippen molar-refractivity contribution < 1.29 is 19.5 Å².